The number of hydrogen-bond donors (Lipinski definition) is 0. The van der Waals surface area contributed by atoms with Gasteiger partial charge in [-0.15, -0.1) is 0 Å². The van der Waals surface area contributed by atoms with Gasteiger partial charge >= 0.3 is 11.9 Å². The van der Waals surface area contributed by atoms with Crippen molar-refractivity contribution < 1.29 is 33.3 Å². The molecular formula is C30H50O7S. The van der Waals surface area contributed by atoms with Gasteiger partial charge in [-0.3, -0.25) is 14.4 Å². The lowest BCUT2D eigenvalue weighted by Crippen LogP contribution is -2.37. The molecule has 6 atom stereocenters. The molecule has 2 rings (SSSR count). The first-order valence-electron chi connectivity index (χ1n) is 14.7. The number of unbranched alkanes of at least 4 members (excludes halogenated alkanes) is 3. The third kappa shape index (κ3) is 11.8. The average molecular weight is 555 g/mol. The minimum atomic E-state index is -0.286. The zero-order chi connectivity index (χ0) is 27.8. The van der Waals surface area contributed by atoms with Gasteiger partial charge in [0.15, 0.2) is 6.29 Å². The van der Waals surface area contributed by atoms with Crippen LogP contribution < -0.4 is 0 Å². The van der Waals surface area contributed by atoms with Gasteiger partial charge in [-0.05, 0) is 50.7 Å². The molecule has 38 heavy (non-hydrogen) atoms. The number of methoxy groups -OCH3 is 1. The van der Waals surface area contributed by atoms with Crippen LogP contribution in [-0.4, -0.2) is 60.9 Å². The van der Waals surface area contributed by atoms with Gasteiger partial charge in [0, 0.05) is 56.3 Å². The summed E-state index contributed by atoms with van der Waals surface area (Å²) in [5.41, 5.74) is 0. The highest BCUT2D eigenvalue weighted by Gasteiger charge is 2.49. The van der Waals surface area contributed by atoms with E-state index in [-0.39, 0.29) is 47.5 Å². The smallest absolute Gasteiger partial charge is 0.305 e. The van der Waals surface area contributed by atoms with E-state index in [0.29, 0.717) is 38.1 Å². The van der Waals surface area contributed by atoms with Crippen molar-refractivity contribution in [3.8, 4) is 0 Å². The van der Waals surface area contributed by atoms with Crippen LogP contribution in [0.25, 0.3) is 0 Å². The Morgan fingerprint density at radius 1 is 1.05 bits per heavy atom. The van der Waals surface area contributed by atoms with Crippen LogP contribution in [0.3, 0.4) is 0 Å². The normalized spacial score (nSPS) is 26.4. The molecule has 1 saturated carbocycles. The maximum absolute atomic E-state index is 13.0. The van der Waals surface area contributed by atoms with Gasteiger partial charge in [0.25, 0.3) is 0 Å². The molecule has 0 aromatic carbocycles. The summed E-state index contributed by atoms with van der Waals surface area (Å²) in [5.74, 6) is 0.860. The Bertz CT molecular complexity index is 734. The number of esters is 2. The molecule has 0 aromatic rings. The van der Waals surface area contributed by atoms with Crippen molar-refractivity contribution in [2.45, 2.75) is 128 Å². The number of thioether (sulfide) groups is 1. The van der Waals surface area contributed by atoms with Crippen molar-refractivity contribution in [3.63, 3.8) is 0 Å². The first kappa shape index (κ1) is 32.8. The minimum absolute atomic E-state index is 0.0526. The van der Waals surface area contributed by atoms with Crippen LogP contribution in [0.15, 0.2) is 12.2 Å². The van der Waals surface area contributed by atoms with Crippen molar-refractivity contribution in [1.82, 2.24) is 0 Å². The Hall–Kier alpha value is -1.38. The van der Waals surface area contributed by atoms with E-state index in [9.17, 15) is 14.4 Å². The quantitative estimate of drug-likeness (QED) is 0.109. The molecule has 1 aliphatic heterocycles. The Balaban J connectivity index is 2.22. The second-order valence-electron chi connectivity index (χ2n) is 10.5. The first-order chi connectivity index (χ1) is 18.4. The molecule has 218 valence electrons. The van der Waals surface area contributed by atoms with Crippen LogP contribution in [0.2, 0.25) is 0 Å². The third-order valence-electron chi connectivity index (χ3n) is 7.50. The molecule has 1 saturated heterocycles. The second-order valence-corrected chi connectivity index (χ2v) is 12.0. The molecule has 2 unspecified atom stereocenters. The van der Waals surface area contributed by atoms with Crippen LogP contribution in [0.5, 0.6) is 0 Å². The summed E-state index contributed by atoms with van der Waals surface area (Å²) in [4.78, 5) is 36.5. The fraction of sp³-hybridized carbons (Fsp3) is 0.833. The molecule has 0 bridgehead atoms. The van der Waals surface area contributed by atoms with Crippen LogP contribution in [-0.2, 0) is 33.3 Å². The summed E-state index contributed by atoms with van der Waals surface area (Å²) in [6, 6.07) is 0. The minimum Gasteiger partial charge on any atom is -0.469 e. The summed E-state index contributed by atoms with van der Waals surface area (Å²) in [5, 5.41) is 0.0981. The number of hydrogen-bond acceptors (Lipinski definition) is 8. The molecule has 0 amide bonds. The number of ketones is 1. The molecule has 0 N–H and O–H groups in total. The average Bonchev–Trinajstić information content (AvgIpc) is 3.21. The molecule has 0 radical (unpaired) electrons. The van der Waals surface area contributed by atoms with E-state index in [0.717, 1.165) is 63.5 Å². The molecule has 8 heteroatoms. The zero-order valence-corrected chi connectivity index (χ0v) is 24.8. The van der Waals surface area contributed by atoms with Crippen LogP contribution in [0.1, 0.15) is 104 Å². The number of allylic oxidation sites excluding steroid dienone is 2. The van der Waals surface area contributed by atoms with Crippen molar-refractivity contribution >= 4 is 29.5 Å². The van der Waals surface area contributed by atoms with Gasteiger partial charge in [0.05, 0.1) is 13.2 Å². The lowest BCUT2D eigenvalue weighted by atomic mass is 9.85. The lowest BCUT2D eigenvalue weighted by Gasteiger charge is -2.34. The number of carbonyl (C=O) groups is 3. The number of ether oxygens (including phenoxy) is 4. The predicted octanol–water partition coefficient (Wildman–Crippen LogP) is 6.42. The van der Waals surface area contributed by atoms with Crippen LogP contribution in [0.4, 0.5) is 0 Å². The molecule has 0 spiro atoms. The second kappa shape index (κ2) is 18.8. The molecule has 1 heterocycles. The lowest BCUT2D eigenvalue weighted by molar-refractivity contribution is -0.196. The van der Waals surface area contributed by atoms with Crippen molar-refractivity contribution in [1.29, 1.82) is 0 Å². The van der Waals surface area contributed by atoms with Gasteiger partial charge < -0.3 is 18.9 Å². The third-order valence-corrected chi connectivity index (χ3v) is 8.74. The Kier molecular flexibility index (Phi) is 16.3. The van der Waals surface area contributed by atoms with E-state index in [1.165, 1.54) is 14.0 Å². The highest BCUT2D eigenvalue weighted by Crippen LogP contribution is 2.46. The molecular weight excluding hydrogens is 504 g/mol. The largest absolute Gasteiger partial charge is 0.469 e. The SMILES string of the molecule is CCCCCC(=O)CC(SCC)[C@@H]1[C@@H](C/C=C\CCCC(=O)OC)[C@@H](OC(C)=O)C[C@H]1OC1CCCCO1. The van der Waals surface area contributed by atoms with Gasteiger partial charge in [-0.2, -0.15) is 11.8 Å². The van der Waals surface area contributed by atoms with E-state index < -0.39 is 0 Å². The summed E-state index contributed by atoms with van der Waals surface area (Å²) in [7, 11) is 1.41. The van der Waals surface area contributed by atoms with Gasteiger partial charge in [0.2, 0.25) is 0 Å². The first-order valence-corrected chi connectivity index (χ1v) is 15.7. The number of Topliss-reactive ketones (excluding diaryl/α,β-unsaturated/α-hetero) is 1. The van der Waals surface area contributed by atoms with Crippen LogP contribution in [0, 0.1) is 11.8 Å². The number of rotatable bonds is 18. The van der Waals surface area contributed by atoms with Crippen molar-refractivity contribution in [2.24, 2.45) is 11.8 Å². The summed E-state index contributed by atoms with van der Waals surface area (Å²) in [6.07, 6.45) is 14.1. The van der Waals surface area contributed by atoms with E-state index in [1.807, 2.05) is 11.8 Å². The number of carbonyl (C=O) groups excluding carboxylic acids is 3. The predicted molar refractivity (Wildman–Crippen MR) is 151 cm³/mol. The van der Waals surface area contributed by atoms with E-state index in [1.54, 1.807) is 0 Å². The van der Waals surface area contributed by atoms with Crippen molar-refractivity contribution in [3.05, 3.63) is 12.2 Å². The molecule has 0 aromatic heterocycles. The van der Waals surface area contributed by atoms with E-state index >= 15 is 0 Å². The molecule has 7 nitrogen and oxygen atoms in total. The fourth-order valence-corrected chi connectivity index (χ4v) is 7.00. The topological polar surface area (TPSA) is 88.1 Å². The standard InChI is InChI=1S/C30H50O7S/c1-5-7-10-15-23(32)20-27(38-6-2)30-24(16-11-8-9-12-17-28(33)34-4)25(36-22(3)31)21-26(30)37-29-18-13-14-19-35-29/h8,11,24-27,29-30H,5-7,9-10,12-21H2,1-4H3/b11-8-/t24-,25-,26+,27?,29?,30+/m0/s1. The highest BCUT2D eigenvalue weighted by atomic mass is 32.2. The Morgan fingerprint density at radius 2 is 1.87 bits per heavy atom. The summed E-state index contributed by atoms with van der Waals surface area (Å²) in [6.45, 7) is 6.45. The van der Waals surface area contributed by atoms with Crippen LogP contribution >= 0.6 is 11.8 Å². The monoisotopic (exact) mass is 554 g/mol. The maximum Gasteiger partial charge on any atom is 0.305 e. The summed E-state index contributed by atoms with van der Waals surface area (Å²) >= 11 is 1.83. The Morgan fingerprint density at radius 3 is 2.53 bits per heavy atom. The van der Waals surface area contributed by atoms with Gasteiger partial charge in [0.1, 0.15) is 11.9 Å². The molecule has 1 aliphatic carbocycles. The summed E-state index contributed by atoms with van der Waals surface area (Å²) < 4.78 is 23.1. The maximum atomic E-state index is 13.0. The van der Waals surface area contributed by atoms with E-state index in [4.69, 9.17) is 18.9 Å². The fourth-order valence-electron chi connectivity index (χ4n) is 5.67. The molecule has 2 fully saturated rings. The molecule has 2 aliphatic rings. The van der Waals surface area contributed by atoms with Gasteiger partial charge in [-0.1, -0.05) is 38.8 Å². The Labute approximate surface area is 234 Å². The highest BCUT2D eigenvalue weighted by molar-refractivity contribution is 7.99. The zero-order valence-electron chi connectivity index (χ0n) is 24.0. The van der Waals surface area contributed by atoms with Gasteiger partial charge in [-0.25, -0.2) is 0 Å². The van der Waals surface area contributed by atoms with Crippen molar-refractivity contribution in [2.75, 3.05) is 19.5 Å². The van der Waals surface area contributed by atoms with E-state index in [2.05, 4.69) is 26.0 Å².